The number of hydrogen-bond donors (Lipinski definition) is 1. The van der Waals surface area contributed by atoms with Gasteiger partial charge < -0.3 is 5.32 Å². The van der Waals surface area contributed by atoms with E-state index in [0.717, 1.165) is 11.8 Å². The number of hydrogen-bond acceptors (Lipinski definition) is 4. The summed E-state index contributed by atoms with van der Waals surface area (Å²) in [6.45, 7) is 1.96. The Morgan fingerprint density at radius 1 is 1.10 bits per heavy atom. The number of amides is 1. The molecule has 0 heterocycles. The molecule has 29 heavy (non-hydrogen) atoms. The molecule has 0 spiro atoms. The van der Waals surface area contributed by atoms with E-state index in [1.165, 1.54) is 29.4 Å². The summed E-state index contributed by atoms with van der Waals surface area (Å²) >= 11 is 0. The number of nitrogens with zero attached hydrogens (tertiary/aromatic N) is 1. The summed E-state index contributed by atoms with van der Waals surface area (Å²) in [5.74, 6) is -0.638. The van der Waals surface area contributed by atoms with Crippen molar-refractivity contribution < 1.29 is 22.4 Å². The minimum absolute atomic E-state index is 0.131. The first-order valence-electron chi connectivity index (χ1n) is 9.26. The Kier molecular flexibility index (Phi) is 7.90. The van der Waals surface area contributed by atoms with Gasteiger partial charge >= 0.3 is 0 Å². The fourth-order valence-electron chi connectivity index (χ4n) is 2.84. The molecule has 2 aromatic rings. The molecule has 0 saturated carbocycles. The number of halogens is 1. The van der Waals surface area contributed by atoms with Gasteiger partial charge in [-0.15, -0.1) is 0 Å². The number of sulfonamides is 1. The molecule has 0 radical (unpaired) electrons. The Morgan fingerprint density at radius 2 is 1.79 bits per heavy atom. The summed E-state index contributed by atoms with van der Waals surface area (Å²) in [5, 5.41) is 2.78. The molecule has 8 heteroatoms. The molecule has 1 N–H and O–H groups in total. The molecule has 0 bridgehead atoms. The Balaban J connectivity index is 1.86. The normalized spacial score (nSPS) is 11.1. The van der Waals surface area contributed by atoms with Crippen molar-refractivity contribution in [3.63, 3.8) is 0 Å². The molecule has 0 aliphatic rings. The third kappa shape index (κ3) is 7.30. The number of ketones is 1. The second kappa shape index (κ2) is 10.2. The predicted octanol–water partition coefficient (Wildman–Crippen LogP) is 2.93. The van der Waals surface area contributed by atoms with E-state index in [-0.39, 0.29) is 30.5 Å². The lowest BCUT2D eigenvalue weighted by atomic mass is 10.1. The van der Waals surface area contributed by atoms with Crippen LogP contribution in [0.3, 0.4) is 0 Å². The van der Waals surface area contributed by atoms with E-state index in [4.69, 9.17) is 0 Å². The first kappa shape index (κ1) is 22.5. The SMILES string of the molecule is CC(=O)c1cccc(N(CCCC(=O)NCCc2ccc(F)cc2)S(C)(=O)=O)c1. The van der Waals surface area contributed by atoms with Crippen molar-refractivity contribution in [3.05, 3.63) is 65.5 Å². The lowest BCUT2D eigenvalue weighted by Crippen LogP contribution is -2.32. The molecule has 1 amide bonds. The standard InChI is InChI=1S/C21H25FN2O4S/c1-16(25)18-5-3-6-20(15-18)24(29(2,27)28)14-4-7-21(26)23-13-12-17-8-10-19(22)11-9-17/h3,5-6,8-11,15H,4,7,12-14H2,1-2H3,(H,23,26). The van der Waals surface area contributed by atoms with Gasteiger partial charge in [0.2, 0.25) is 15.9 Å². The maximum absolute atomic E-state index is 12.9. The van der Waals surface area contributed by atoms with Gasteiger partial charge in [0.15, 0.2) is 5.78 Å². The van der Waals surface area contributed by atoms with Crippen molar-refractivity contribution in [2.75, 3.05) is 23.7 Å². The van der Waals surface area contributed by atoms with Gasteiger partial charge in [0, 0.05) is 25.1 Å². The van der Waals surface area contributed by atoms with E-state index in [0.29, 0.717) is 30.6 Å². The minimum Gasteiger partial charge on any atom is -0.356 e. The average Bonchev–Trinajstić information content (AvgIpc) is 2.66. The Bertz CT molecular complexity index is 959. The van der Waals surface area contributed by atoms with Crippen LogP contribution in [0.5, 0.6) is 0 Å². The number of anilines is 1. The molecular weight excluding hydrogens is 395 g/mol. The zero-order valence-corrected chi connectivity index (χ0v) is 17.3. The fraction of sp³-hybridized carbons (Fsp3) is 0.333. The van der Waals surface area contributed by atoms with Crippen LogP contribution in [0.15, 0.2) is 48.5 Å². The molecule has 0 saturated heterocycles. The highest BCUT2D eigenvalue weighted by Crippen LogP contribution is 2.20. The largest absolute Gasteiger partial charge is 0.356 e. The summed E-state index contributed by atoms with van der Waals surface area (Å²) in [4.78, 5) is 23.6. The van der Waals surface area contributed by atoms with Crippen molar-refractivity contribution in [3.8, 4) is 0 Å². The van der Waals surface area contributed by atoms with Crippen LogP contribution in [0.1, 0.15) is 35.7 Å². The summed E-state index contributed by atoms with van der Waals surface area (Å²) in [7, 11) is -3.56. The molecular formula is C21H25FN2O4S. The van der Waals surface area contributed by atoms with Crippen LogP contribution in [0.25, 0.3) is 0 Å². The maximum Gasteiger partial charge on any atom is 0.232 e. The van der Waals surface area contributed by atoms with E-state index in [9.17, 15) is 22.4 Å². The molecule has 0 aliphatic carbocycles. The third-order valence-electron chi connectivity index (χ3n) is 4.36. The zero-order chi connectivity index (χ0) is 21.4. The molecule has 0 aliphatic heterocycles. The van der Waals surface area contributed by atoms with Gasteiger partial charge in [0.1, 0.15) is 5.82 Å². The van der Waals surface area contributed by atoms with Crippen LogP contribution < -0.4 is 9.62 Å². The van der Waals surface area contributed by atoms with Gasteiger partial charge in [-0.25, -0.2) is 12.8 Å². The van der Waals surface area contributed by atoms with Gasteiger partial charge in [-0.2, -0.15) is 0 Å². The number of carbonyl (C=O) groups is 2. The van der Waals surface area contributed by atoms with Crippen molar-refractivity contribution in [1.82, 2.24) is 5.32 Å². The van der Waals surface area contributed by atoms with Crippen molar-refractivity contribution >= 4 is 27.4 Å². The van der Waals surface area contributed by atoms with Crippen molar-refractivity contribution in [1.29, 1.82) is 0 Å². The molecule has 0 unspecified atom stereocenters. The quantitative estimate of drug-likeness (QED) is 0.599. The maximum atomic E-state index is 12.9. The highest BCUT2D eigenvalue weighted by atomic mass is 32.2. The second-order valence-corrected chi connectivity index (χ2v) is 8.68. The van der Waals surface area contributed by atoms with Crippen LogP contribution >= 0.6 is 0 Å². The number of carbonyl (C=O) groups excluding carboxylic acids is 2. The number of Topliss-reactive ketones (excluding diaryl/α,β-unsaturated/α-hetero) is 1. The van der Waals surface area contributed by atoms with Crippen LogP contribution in [0, 0.1) is 5.82 Å². The van der Waals surface area contributed by atoms with Crippen molar-refractivity contribution in [2.24, 2.45) is 0 Å². The fourth-order valence-corrected chi connectivity index (χ4v) is 3.79. The molecule has 156 valence electrons. The van der Waals surface area contributed by atoms with Gasteiger partial charge in [-0.3, -0.25) is 13.9 Å². The smallest absolute Gasteiger partial charge is 0.232 e. The monoisotopic (exact) mass is 420 g/mol. The van der Waals surface area contributed by atoms with E-state index in [1.807, 2.05) is 0 Å². The number of nitrogens with one attached hydrogen (secondary N) is 1. The highest BCUT2D eigenvalue weighted by molar-refractivity contribution is 7.92. The zero-order valence-electron chi connectivity index (χ0n) is 16.5. The van der Waals surface area contributed by atoms with E-state index in [2.05, 4.69) is 5.32 Å². The van der Waals surface area contributed by atoms with E-state index in [1.54, 1.807) is 30.3 Å². The molecule has 6 nitrogen and oxygen atoms in total. The van der Waals surface area contributed by atoms with Crippen molar-refractivity contribution in [2.45, 2.75) is 26.2 Å². The average molecular weight is 421 g/mol. The van der Waals surface area contributed by atoms with Gasteiger partial charge in [0.05, 0.1) is 11.9 Å². The second-order valence-electron chi connectivity index (χ2n) is 6.77. The summed E-state index contributed by atoms with van der Waals surface area (Å²) in [6.07, 6.45) is 2.18. The molecule has 2 aromatic carbocycles. The Morgan fingerprint density at radius 3 is 2.41 bits per heavy atom. The van der Waals surface area contributed by atoms with Crippen LogP contribution in [-0.4, -0.2) is 39.5 Å². The Labute approximate surface area is 170 Å². The molecule has 0 atom stereocenters. The van der Waals surface area contributed by atoms with Crippen LogP contribution in [0.4, 0.5) is 10.1 Å². The van der Waals surface area contributed by atoms with Crippen LogP contribution in [0.2, 0.25) is 0 Å². The first-order chi connectivity index (χ1) is 13.7. The molecule has 0 aromatic heterocycles. The Hall–Kier alpha value is -2.74. The molecule has 0 fully saturated rings. The van der Waals surface area contributed by atoms with Gasteiger partial charge in [-0.05, 0) is 49.6 Å². The lowest BCUT2D eigenvalue weighted by Gasteiger charge is -2.22. The predicted molar refractivity (Wildman–Crippen MR) is 111 cm³/mol. The topological polar surface area (TPSA) is 83.6 Å². The third-order valence-corrected chi connectivity index (χ3v) is 5.55. The first-order valence-corrected chi connectivity index (χ1v) is 11.1. The molecule has 2 rings (SSSR count). The number of benzene rings is 2. The van der Waals surface area contributed by atoms with E-state index < -0.39 is 10.0 Å². The lowest BCUT2D eigenvalue weighted by molar-refractivity contribution is -0.121. The minimum atomic E-state index is -3.56. The highest BCUT2D eigenvalue weighted by Gasteiger charge is 2.18. The van der Waals surface area contributed by atoms with Gasteiger partial charge in [-0.1, -0.05) is 24.3 Å². The van der Waals surface area contributed by atoms with Crippen LogP contribution in [-0.2, 0) is 21.2 Å². The van der Waals surface area contributed by atoms with E-state index >= 15 is 0 Å². The van der Waals surface area contributed by atoms with Gasteiger partial charge in [0.25, 0.3) is 0 Å². The summed E-state index contributed by atoms with van der Waals surface area (Å²) < 4.78 is 38.4. The number of rotatable bonds is 10. The summed E-state index contributed by atoms with van der Waals surface area (Å²) in [5.41, 5.74) is 1.74. The summed E-state index contributed by atoms with van der Waals surface area (Å²) in [6, 6.07) is 12.5.